The molecule has 0 aromatic heterocycles. The predicted octanol–water partition coefficient (Wildman–Crippen LogP) is 1.35. The Morgan fingerprint density at radius 3 is 2.32 bits per heavy atom. The lowest BCUT2D eigenvalue weighted by Crippen LogP contribution is -2.38. The number of ketones is 1. The van der Waals surface area contributed by atoms with Crippen LogP contribution in [0.25, 0.3) is 0 Å². The Hall–Kier alpha value is -1.24. The van der Waals surface area contributed by atoms with E-state index < -0.39 is 10.0 Å². The Balaban J connectivity index is 2.12. The monoisotopic (exact) mass is 283 g/mol. The summed E-state index contributed by atoms with van der Waals surface area (Å²) in [5.41, 5.74) is 0.505. The molecule has 1 aliphatic heterocycles. The maximum atomic E-state index is 12.1. The summed E-state index contributed by atoms with van der Waals surface area (Å²) in [5, 5.41) is 0. The first kappa shape index (κ1) is 14.2. The molecule has 0 aliphatic carbocycles. The van der Waals surface area contributed by atoms with Crippen LogP contribution in [0.1, 0.15) is 30.1 Å². The highest BCUT2D eigenvalue weighted by molar-refractivity contribution is 7.89. The molecule has 0 atom stereocenters. The van der Waals surface area contributed by atoms with Gasteiger partial charge in [0.15, 0.2) is 5.78 Å². The number of Topliss-reactive ketones (excluding diaryl/α,β-unsaturated/α-hetero) is 1. The molecule has 0 bridgehead atoms. The summed E-state index contributed by atoms with van der Waals surface area (Å²) in [7, 11) is -3.52. The number of hydrogen-bond donors (Lipinski definition) is 1. The predicted molar refractivity (Wildman–Crippen MR) is 70.6 cm³/mol. The topological polar surface area (TPSA) is 72.5 Å². The molecule has 2 rings (SSSR count). The van der Waals surface area contributed by atoms with Crippen molar-refractivity contribution in [1.29, 1.82) is 0 Å². The molecule has 6 heteroatoms. The zero-order chi connectivity index (χ0) is 13.9. The minimum atomic E-state index is -3.52. The van der Waals surface area contributed by atoms with Gasteiger partial charge in [-0.25, -0.2) is 13.1 Å². The zero-order valence-electron chi connectivity index (χ0n) is 10.8. The van der Waals surface area contributed by atoms with Gasteiger partial charge in [0.05, 0.1) is 4.90 Å². The number of carbonyl (C=O) groups excluding carboxylic acids is 1. The Morgan fingerprint density at radius 2 is 1.79 bits per heavy atom. The normalized spacial score (nSPS) is 17.3. The molecule has 0 amide bonds. The van der Waals surface area contributed by atoms with Crippen LogP contribution >= 0.6 is 0 Å². The number of carbonyl (C=O) groups is 1. The van der Waals surface area contributed by atoms with Gasteiger partial charge in [-0.1, -0.05) is 12.1 Å². The van der Waals surface area contributed by atoms with E-state index in [9.17, 15) is 13.2 Å². The second-order valence-electron chi connectivity index (χ2n) is 4.59. The van der Waals surface area contributed by atoms with Crippen LogP contribution in [0.2, 0.25) is 0 Å². The summed E-state index contributed by atoms with van der Waals surface area (Å²) in [6, 6.07) is 5.89. The third-order valence-corrected chi connectivity index (χ3v) is 4.65. The second-order valence-corrected chi connectivity index (χ2v) is 6.30. The second kappa shape index (κ2) is 5.81. The van der Waals surface area contributed by atoms with Crippen LogP contribution in [0.15, 0.2) is 29.2 Å². The lowest BCUT2D eigenvalue weighted by atomic mass is 10.1. The van der Waals surface area contributed by atoms with Gasteiger partial charge in [0.25, 0.3) is 0 Å². The molecule has 1 N–H and O–H groups in total. The van der Waals surface area contributed by atoms with Gasteiger partial charge in [-0.05, 0) is 31.9 Å². The smallest absolute Gasteiger partial charge is 0.240 e. The number of benzene rings is 1. The van der Waals surface area contributed by atoms with Gasteiger partial charge in [0, 0.05) is 24.8 Å². The van der Waals surface area contributed by atoms with E-state index >= 15 is 0 Å². The average Bonchev–Trinajstić information content (AvgIpc) is 2.39. The van der Waals surface area contributed by atoms with Gasteiger partial charge in [0.1, 0.15) is 0 Å². The minimum Gasteiger partial charge on any atom is -0.381 e. The highest BCUT2D eigenvalue weighted by atomic mass is 32.2. The third kappa shape index (κ3) is 3.62. The summed E-state index contributed by atoms with van der Waals surface area (Å²) in [4.78, 5) is 11.3. The van der Waals surface area contributed by atoms with Gasteiger partial charge in [-0.2, -0.15) is 0 Å². The fourth-order valence-electron chi connectivity index (χ4n) is 1.97. The summed E-state index contributed by atoms with van der Waals surface area (Å²) >= 11 is 0. The van der Waals surface area contributed by atoms with Crippen molar-refractivity contribution in [2.75, 3.05) is 13.2 Å². The molecule has 5 nitrogen and oxygen atoms in total. The SMILES string of the molecule is CC(=O)c1ccc(S(=O)(=O)NC2CCOCC2)cc1. The largest absolute Gasteiger partial charge is 0.381 e. The number of sulfonamides is 1. The van der Waals surface area contributed by atoms with Gasteiger partial charge < -0.3 is 4.74 Å². The zero-order valence-corrected chi connectivity index (χ0v) is 11.6. The quantitative estimate of drug-likeness (QED) is 0.847. The fourth-order valence-corrected chi connectivity index (χ4v) is 3.28. The van der Waals surface area contributed by atoms with Crippen LogP contribution in [-0.2, 0) is 14.8 Å². The van der Waals surface area contributed by atoms with Crippen LogP contribution < -0.4 is 4.72 Å². The van der Waals surface area contributed by atoms with E-state index in [2.05, 4.69) is 4.72 Å². The van der Waals surface area contributed by atoms with Crippen molar-refractivity contribution in [3.63, 3.8) is 0 Å². The number of rotatable bonds is 4. The summed E-state index contributed by atoms with van der Waals surface area (Å²) in [6.07, 6.45) is 1.37. The molecule has 1 aromatic rings. The van der Waals surface area contributed by atoms with E-state index in [1.165, 1.54) is 31.2 Å². The Bertz CT molecular complexity index is 545. The fraction of sp³-hybridized carbons (Fsp3) is 0.462. The van der Waals surface area contributed by atoms with Crippen LogP contribution in [0.3, 0.4) is 0 Å². The van der Waals surface area contributed by atoms with Crippen molar-refractivity contribution in [3.8, 4) is 0 Å². The molecule has 0 unspecified atom stereocenters. The van der Waals surface area contributed by atoms with Crippen molar-refractivity contribution >= 4 is 15.8 Å². The Labute approximate surface area is 113 Å². The van der Waals surface area contributed by atoms with E-state index in [4.69, 9.17) is 4.74 Å². The number of ether oxygens (including phenoxy) is 1. The number of nitrogens with one attached hydrogen (secondary N) is 1. The first-order chi connectivity index (χ1) is 8.99. The van der Waals surface area contributed by atoms with Crippen molar-refractivity contribution < 1.29 is 17.9 Å². The molecule has 1 saturated heterocycles. The summed E-state index contributed by atoms with van der Waals surface area (Å²) in [6.45, 7) is 2.61. The molecule has 1 aliphatic rings. The van der Waals surface area contributed by atoms with Crippen LogP contribution in [0.5, 0.6) is 0 Å². The molecule has 1 fully saturated rings. The van der Waals surface area contributed by atoms with Crippen LogP contribution in [-0.4, -0.2) is 33.5 Å². The maximum absolute atomic E-state index is 12.1. The van der Waals surface area contributed by atoms with E-state index in [0.717, 1.165) is 0 Å². The van der Waals surface area contributed by atoms with Crippen LogP contribution in [0, 0.1) is 0 Å². The molecular weight excluding hydrogens is 266 g/mol. The van der Waals surface area contributed by atoms with E-state index in [1.807, 2.05) is 0 Å². The van der Waals surface area contributed by atoms with Crippen molar-refractivity contribution in [3.05, 3.63) is 29.8 Å². The molecule has 0 radical (unpaired) electrons. The number of hydrogen-bond acceptors (Lipinski definition) is 4. The van der Waals surface area contributed by atoms with E-state index in [-0.39, 0.29) is 16.7 Å². The lowest BCUT2D eigenvalue weighted by molar-refractivity contribution is 0.0832. The molecule has 1 aromatic carbocycles. The molecule has 104 valence electrons. The van der Waals surface area contributed by atoms with Crippen molar-refractivity contribution in [2.45, 2.75) is 30.7 Å². The van der Waals surface area contributed by atoms with Crippen molar-refractivity contribution in [2.24, 2.45) is 0 Å². The molecular formula is C13H17NO4S. The van der Waals surface area contributed by atoms with Crippen LogP contribution in [0.4, 0.5) is 0 Å². The first-order valence-corrected chi connectivity index (χ1v) is 7.68. The van der Waals surface area contributed by atoms with E-state index in [0.29, 0.717) is 31.6 Å². The lowest BCUT2D eigenvalue weighted by Gasteiger charge is -2.22. The minimum absolute atomic E-state index is 0.0776. The van der Waals surface area contributed by atoms with Gasteiger partial charge in [-0.3, -0.25) is 4.79 Å². The first-order valence-electron chi connectivity index (χ1n) is 6.20. The van der Waals surface area contributed by atoms with Gasteiger partial charge in [-0.15, -0.1) is 0 Å². The molecule has 0 spiro atoms. The summed E-state index contributed by atoms with van der Waals surface area (Å²) < 4.78 is 32.1. The molecule has 1 heterocycles. The average molecular weight is 283 g/mol. The highest BCUT2D eigenvalue weighted by Crippen LogP contribution is 2.14. The van der Waals surface area contributed by atoms with Crippen molar-refractivity contribution in [1.82, 2.24) is 4.72 Å². The Kier molecular flexibility index (Phi) is 4.34. The standard InChI is InChI=1S/C13H17NO4S/c1-10(15)11-2-4-13(5-3-11)19(16,17)14-12-6-8-18-9-7-12/h2-5,12,14H,6-9H2,1H3. The Morgan fingerprint density at radius 1 is 1.21 bits per heavy atom. The highest BCUT2D eigenvalue weighted by Gasteiger charge is 2.22. The molecule has 19 heavy (non-hydrogen) atoms. The van der Waals surface area contributed by atoms with Gasteiger partial charge >= 0.3 is 0 Å². The van der Waals surface area contributed by atoms with E-state index in [1.54, 1.807) is 0 Å². The maximum Gasteiger partial charge on any atom is 0.240 e. The summed E-state index contributed by atoms with van der Waals surface area (Å²) in [5.74, 6) is -0.0821. The third-order valence-electron chi connectivity index (χ3n) is 3.11. The van der Waals surface area contributed by atoms with Gasteiger partial charge in [0.2, 0.25) is 10.0 Å². The molecule has 0 saturated carbocycles.